The van der Waals surface area contributed by atoms with Gasteiger partial charge in [0.1, 0.15) is 5.54 Å². The molecule has 1 aliphatic carbocycles. The Balaban J connectivity index is 2.46. The van der Waals surface area contributed by atoms with Gasteiger partial charge in [0.25, 0.3) is 0 Å². The molecule has 0 saturated heterocycles. The monoisotopic (exact) mass is 360 g/mol. The molecule has 5 nitrogen and oxygen atoms in total. The van der Waals surface area contributed by atoms with E-state index in [0.29, 0.717) is 24.9 Å². The van der Waals surface area contributed by atoms with Crippen LogP contribution in [-0.4, -0.2) is 31.4 Å². The van der Waals surface area contributed by atoms with E-state index in [1.807, 2.05) is 18.2 Å². The van der Waals surface area contributed by atoms with Crippen LogP contribution in [0.5, 0.6) is 0 Å². The molecule has 2 unspecified atom stereocenters. The van der Waals surface area contributed by atoms with E-state index in [4.69, 9.17) is 5.73 Å². The highest BCUT2D eigenvalue weighted by Crippen LogP contribution is 2.38. The number of para-hydroxylation sites is 1. The Hall–Kier alpha value is -1.08. The second-order valence-corrected chi connectivity index (χ2v) is 8.23. The average Bonchev–Trinajstić information content (AvgIpc) is 2.77. The molecule has 0 bridgehead atoms. The number of rotatable bonds is 4. The van der Waals surface area contributed by atoms with E-state index in [2.05, 4.69) is 21.2 Å². The van der Waals surface area contributed by atoms with Gasteiger partial charge in [-0.1, -0.05) is 12.1 Å². The van der Waals surface area contributed by atoms with Gasteiger partial charge in [0.2, 0.25) is 5.91 Å². The maximum Gasteiger partial charge on any atom is 0.244 e. The minimum absolute atomic E-state index is 0.418. The lowest BCUT2D eigenvalue weighted by molar-refractivity contribution is -0.122. The molecule has 0 aliphatic heterocycles. The number of nitrogens with two attached hydrogens (primary N) is 1. The summed E-state index contributed by atoms with van der Waals surface area (Å²) in [5.74, 6) is -0.624. The van der Waals surface area contributed by atoms with Crippen LogP contribution in [0.15, 0.2) is 28.7 Å². The highest BCUT2D eigenvalue weighted by atomic mass is 79.9. The molecule has 1 aliphatic rings. The number of hydrogen-bond acceptors (Lipinski definition) is 4. The van der Waals surface area contributed by atoms with E-state index < -0.39 is 26.5 Å². The van der Waals surface area contributed by atoms with Crippen LogP contribution in [0.4, 0.5) is 5.69 Å². The Bertz CT molecular complexity index is 632. The highest BCUT2D eigenvalue weighted by Gasteiger charge is 2.52. The minimum Gasteiger partial charge on any atom is -0.369 e. The summed E-state index contributed by atoms with van der Waals surface area (Å²) >= 11 is 3.38. The molecule has 0 heterocycles. The predicted octanol–water partition coefficient (Wildman–Crippen LogP) is 1.68. The fraction of sp³-hybridized carbons (Fsp3) is 0.462. The Morgan fingerprint density at radius 3 is 2.65 bits per heavy atom. The summed E-state index contributed by atoms with van der Waals surface area (Å²) in [5.41, 5.74) is 4.97. The second-order valence-electron chi connectivity index (χ2n) is 5.15. The molecule has 7 heteroatoms. The second kappa shape index (κ2) is 5.37. The van der Waals surface area contributed by atoms with Gasteiger partial charge in [-0.25, -0.2) is 8.42 Å². The van der Waals surface area contributed by atoms with Gasteiger partial charge in [0.15, 0.2) is 9.84 Å². The summed E-state index contributed by atoms with van der Waals surface area (Å²) in [7, 11) is -3.37. The van der Waals surface area contributed by atoms with Gasteiger partial charge in [-0.05, 0) is 47.3 Å². The van der Waals surface area contributed by atoms with Gasteiger partial charge in [-0.15, -0.1) is 0 Å². The van der Waals surface area contributed by atoms with Crippen molar-refractivity contribution >= 4 is 37.4 Å². The molecule has 1 amide bonds. The van der Waals surface area contributed by atoms with Gasteiger partial charge in [0.05, 0.1) is 5.25 Å². The van der Waals surface area contributed by atoms with Crippen LogP contribution in [0.1, 0.15) is 19.3 Å². The van der Waals surface area contributed by atoms with Crippen LogP contribution < -0.4 is 11.1 Å². The van der Waals surface area contributed by atoms with E-state index in [9.17, 15) is 13.2 Å². The molecular weight excluding hydrogens is 344 g/mol. The van der Waals surface area contributed by atoms with E-state index in [0.717, 1.165) is 10.7 Å². The van der Waals surface area contributed by atoms with Crippen molar-refractivity contribution in [1.82, 2.24) is 0 Å². The Kier molecular flexibility index (Phi) is 4.11. The first kappa shape index (κ1) is 15.3. The molecule has 1 saturated carbocycles. The molecule has 0 aromatic heterocycles. The molecule has 110 valence electrons. The number of carbonyl (C=O) groups is 1. The first-order valence-corrected chi connectivity index (χ1v) is 9.03. The molecule has 0 spiro atoms. The van der Waals surface area contributed by atoms with Crippen molar-refractivity contribution in [3.05, 3.63) is 28.7 Å². The van der Waals surface area contributed by atoms with Crippen molar-refractivity contribution in [2.45, 2.75) is 30.1 Å². The number of benzene rings is 1. The molecule has 0 radical (unpaired) electrons. The van der Waals surface area contributed by atoms with Crippen molar-refractivity contribution < 1.29 is 13.2 Å². The van der Waals surface area contributed by atoms with Crippen molar-refractivity contribution in [3.63, 3.8) is 0 Å². The third-order valence-electron chi connectivity index (χ3n) is 3.78. The lowest BCUT2D eigenvalue weighted by Crippen LogP contribution is -2.58. The Labute approximate surface area is 127 Å². The minimum atomic E-state index is -3.37. The zero-order valence-corrected chi connectivity index (χ0v) is 13.5. The number of carbonyl (C=O) groups excluding carboxylic acids is 1. The lowest BCUT2D eigenvalue weighted by atomic mass is 9.95. The topological polar surface area (TPSA) is 89.3 Å². The van der Waals surface area contributed by atoms with Gasteiger partial charge < -0.3 is 11.1 Å². The van der Waals surface area contributed by atoms with E-state index in [1.165, 1.54) is 0 Å². The van der Waals surface area contributed by atoms with Crippen molar-refractivity contribution in [2.24, 2.45) is 5.73 Å². The number of amides is 1. The van der Waals surface area contributed by atoms with Gasteiger partial charge in [-0.3, -0.25) is 4.79 Å². The molecule has 1 aromatic rings. The maximum atomic E-state index is 12.0. The Morgan fingerprint density at radius 1 is 1.45 bits per heavy atom. The van der Waals surface area contributed by atoms with Crippen LogP contribution in [0.3, 0.4) is 0 Å². The molecular formula is C13H17BrN2O3S. The smallest absolute Gasteiger partial charge is 0.244 e. The van der Waals surface area contributed by atoms with Crippen LogP contribution >= 0.6 is 15.9 Å². The van der Waals surface area contributed by atoms with Crippen molar-refractivity contribution in [3.8, 4) is 0 Å². The van der Waals surface area contributed by atoms with Crippen LogP contribution in [0, 0.1) is 0 Å². The molecule has 2 atom stereocenters. The summed E-state index contributed by atoms with van der Waals surface area (Å²) in [6, 6.07) is 7.26. The van der Waals surface area contributed by atoms with Gasteiger partial charge >= 0.3 is 0 Å². The summed E-state index contributed by atoms with van der Waals surface area (Å²) in [5, 5.41) is 2.29. The SMILES string of the molecule is CS(=O)(=O)C1CCCC1(Nc1ccccc1Br)C(N)=O. The summed E-state index contributed by atoms with van der Waals surface area (Å²) in [6.45, 7) is 0. The fourth-order valence-corrected chi connectivity index (χ4v) is 4.85. The van der Waals surface area contributed by atoms with Gasteiger partial charge in [0, 0.05) is 16.4 Å². The largest absolute Gasteiger partial charge is 0.369 e. The normalized spacial score (nSPS) is 26.4. The highest BCUT2D eigenvalue weighted by molar-refractivity contribution is 9.10. The first-order valence-electron chi connectivity index (χ1n) is 6.29. The predicted molar refractivity (Wildman–Crippen MR) is 82.2 cm³/mol. The average molecular weight is 361 g/mol. The number of halogens is 1. The van der Waals surface area contributed by atoms with E-state index in [1.54, 1.807) is 6.07 Å². The number of hydrogen-bond donors (Lipinski definition) is 2. The van der Waals surface area contributed by atoms with Crippen LogP contribution in [-0.2, 0) is 14.6 Å². The number of nitrogens with one attached hydrogen (secondary N) is 1. The zero-order valence-electron chi connectivity index (χ0n) is 11.1. The summed E-state index contributed by atoms with van der Waals surface area (Å²) < 4.78 is 24.7. The van der Waals surface area contributed by atoms with E-state index >= 15 is 0 Å². The summed E-state index contributed by atoms with van der Waals surface area (Å²) in [6.07, 6.45) is 2.67. The van der Waals surface area contributed by atoms with Crippen molar-refractivity contribution in [2.75, 3.05) is 11.6 Å². The van der Waals surface area contributed by atoms with Crippen LogP contribution in [0.25, 0.3) is 0 Å². The van der Waals surface area contributed by atoms with Crippen molar-refractivity contribution in [1.29, 1.82) is 0 Å². The number of primary amides is 1. The third-order valence-corrected chi connectivity index (χ3v) is 6.14. The van der Waals surface area contributed by atoms with Gasteiger partial charge in [-0.2, -0.15) is 0 Å². The maximum absolute atomic E-state index is 12.0. The first-order chi connectivity index (χ1) is 9.27. The van der Waals surface area contributed by atoms with Crippen LogP contribution in [0.2, 0.25) is 0 Å². The molecule has 1 aromatic carbocycles. The number of anilines is 1. The molecule has 3 N–H and O–H groups in total. The zero-order chi connectivity index (χ0) is 15.0. The Morgan fingerprint density at radius 2 is 2.10 bits per heavy atom. The quantitative estimate of drug-likeness (QED) is 0.854. The standard InChI is InChI=1S/C13H17BrN2O3S/c1-20(18,19)11-7-4-8-13(11,12(15)17)16-10-6-3-2-5-9(10)14/h2-3,5-6,11,16H,4,7-8H2,1H3,(H2,15,17). The molecule has 2 rings (SSSR count). The third kappa shape index (κ3) is 2.69. The summed E-state index contributed by atoms with van der Waals surface area (Å²) in [4.78, 5) is 12.0. The molecule has 1 fully saturated rings. The lowest BCUT2D eigenvalue weighted by Gasteiger charge is -2.33. The van der Waals surface area contributed by atoms with E-state index in [-0.39, 0.29) is 0 Å². The fourth-order valence-electron chi connectivity index (χ4n) is 2.84. The molecule has 20 heavy (non-hydrogen) atoms. The number of sulfone groups is 1.